The predicted molar refractivity (Wildman–Crippen MR) is 114 cm³/mol. The lowest BCUT2D eigenvalue weighted by Crippen LogP contribution is -2.47. The molecular weight excluding hydrogens is 453 g/mol. The van der Waals surface area contributed by atoms with E-state index in [4.69, 9.17) is 4.42 Å². The Labute approximate surface area is 192 Å². The summed E-state index contributed by atoms with van der Waals surface area (Å²) in [5.41, 5.74) is 1.77. The first-order chi connectivity index (χ1) is 16.2. The van der Waals surface area contributed by atoms with E-state index in [2.05, 4.69) is 15.4 Å². The van der Waals surface area contributed by atoms with E-state index in [1.165, 1.54) is 4.90 Å². The van der Waals surface area contributed by atoms with Crippen LogP contribution < -0.4 is 10.2 Å². The molecule has 4 heterocycles. The van der Waals surface area contributed by atoms with Crippen molar-refractivity contribution < 1.29 is 27.2 Å². The number of oxazole rings is 1. The molecule has 0 saturated carbocycles. The van der Waals surface area contributed by atoms with Crippen LogP contribution >= 0.6 is 0 Å². The molecule has 34 heavy (non-hydrogen) atoms. The number of aryl methyl sites for hydroxylation is 1. The molecule has 2 aliphatic heterocycles. The second-order valence-corrected chi connectivity index (χ2v) is 8.52. The lowest BCUT2D eigenvalue weighted by Gasteiger charge is -2.35. The summed E-state index contributed by atoms with van der Waals surface area (Å²) in [4.78, 5) is 33.1. The molecular formula is C22H21F3N6O3. The van der Waals surface area contributed by atoms with Gasteiger partial charge in [-0.25, -0.2) is 22.9 Å². The fourth-order valence-corrected chi connectivity index (χ4v) is 4.41. The molecule has 3 aromatic rings. The van der Waals surface area contributed by atoms with Gasteiger partial charge in [-0.1, -0.05) is 0 Å². The molecule has 1 aromatic carbocycles. The molecule has 2 atom stereocenters. The van der Waals surface area contributed by atoms with Crippen LogP contribution in [-0.2, 0) is 17.9 Å². The Balaban J connectivity index is 1.36. The number of rotatable bonds is 3. The van der Waals surface area contributed by atoms with Gasteiger partial charge in [0.05, 0.1) is 42.4 Å². The van der Waals surface area contributed by atoms with E-state index < -0.39 is 23.5 Å². The smallest absolute Gasteiger partial charge is 0.322 e. The highest BCUT2D eigenvalue weighted by molar-refractivity contribution is 5.97. The number of hydrogen-bond acceptors (Lipinski definition) is 5. The molecule has 3 amide bonds. The second-order valence-electron chi connectivity index (χ2n) is 8.52. The van der Waals surface area contributed by atoms with Crippen molar-refractivity contribution in [2.45, 2.75) is 45.3 Å². The first-order valence-corrected chi connectivity index (χ1v) is 10.7. The predicted octanol–water partition coefficient (Wildman–Crippen LogP) is 3.55. The Hall–Kier alpha value is -3.83. The van der Waals surface area contributed by atoms with Crippen LogP contribution in [-0.4, -0.2) is 44.2 Å². The minimum Gasteiger partial charge on any atom is -0.449 e. The van der Waals surface area contributed by atoms with Crippen molar-refractivity contribution in [1.82, 2.24) is 19.7 Å². The highest BCUT2D eigenvalue weighted by Gasteiger charge is 2.38. The Morgan fingerprint density at radius 3 is 2.62 bits per heavy atom. The van der Waals surface area contributed by atoms with Gasteiger partial charge in [-0.15, -0.1) is 0 Å². The minimum atomic E-state index is -1.60. The first kappa shape index (κ1) is 22.0. The molecule has 12 heteroatoms. The Morgan fingerprint density at radius 1 is 1.21 bits per heavy atom. The molecule has 0 spiro atoms. The van der Waals surface area contributed by atoms with Crippen molar-refractivity contribution in [1.29, 1.82) is 0 Å². The minimum absolute atomic E-state index is 0.0895. The van der Waals surface area contributed by atoms with E-state index in [0.29, 0.717) is 36.1 Å². The van der Waals surface area contributed by atoms with Gasteiger partial charge in [0.1, 0.15) is 6.26 Å². The van der Waals surface area contributed by atoms with E-state index >= 15 is 0 Å². The van der Waals surface area contributed by atoms with Crippen LogP contribution in [0.2, 0.25) is 0 Å². The summed E-state index contributed by atoms with van der Waals surface area (Å²) < 4.78 is 47.3. The van der Waals surface area contributed by atoms with E-state index in [1.54, 1.807) is 35.9 Å². The summed E-state index contributed by atoms with van der Waals surface area (Å²) >= 11 is 0. The molecule has 9 nitrogen and oxygen atoms in total. The number of carbonyl (C=O) groups is 2. The molecule has 5 rings (SSSR count). The maximum atomic E-state index is 13.5. The van der Waals surface area contributed by atoms with E-state index in [1.807, 2.05) is 0 Å². The van der Waals surface area contributed by atoms with Gasteiger partial charge in [-0.05, 0) is 6.92 Å². The summed E-state index contributed by atoms with van der Waals surface area (Å²) in [5.74, 6) is -4.08. The summed E-state index contributed by atoms with van der Waals surface area (Å²) in [6, 6.07) is 0.528. The molecule has 1 N–H and O–H groups in total. The van der Waals surface area contributed by atoms with Crippen molar-refractivity contribution in [3.05, 3.63) is 59.3 Å². The first-order valence-electron chi connectivity index (χ1n) is 10.7. The third-order valence-electron chi connectivity index (χ3n) is 6.18. The Morgan fingerprint density at radius 2 is 1.94 bits per heavy atom. The number of hydrogen-bond donors (Lipinski definition) is 1. The maximum absolute atomic E-state index is 13.5. The molecule has 1 unspecified atom stereocenters. The third kappa shape index (κ3) is 3.78. The zero-order valence-corrected chi connectivity index (χ0v) is 18.4. The van der Waals surface area contributed by atoms with Crippen LogP contribution in [0.5, 0.6) is 0 Å². The summed E-state index contributed by atoms with van der Waals surface area (Å²) in [6.45, 7) is 4.43. The van der Waals surface area contributed by atoms with Crippen molar-refractivity contribution in [2.24, 2.45) is 0 Å². The van der Waals surface area contributed by atoms with Crippen molar-refractivity contribution in [2.75, 3.05) is 16.8 Å². The lowest BCUT2D eigenvalue weighted by molar-refractivity contribution is -0.117. The largest absolute Gasteiger partial charge is 0.449 e. The van der Waals surface area contributed by atoms with Gasteiger partial charge in [0.25, 0.3) is 0 Å². The molecule has 0 radical (unpaired) electrons. The number of aromatic nitrogens is 3. The van der Waals surface area contributed by atoms with Crippen molar-refractivity contribution in [3.8, 4) is 0 Å². The average molecular weight is 474 g/mol. The van der Waals surface area contributed by atoms with Crippen LogP contribution in [0.25, 0.3) is 0 Å². The molecule has 2 aliphatic rings. The van der Waals surface area contributed by atoms with Crippen LogP contribution in [0.3, 0.4) is 0 Å². The lowest BCUT2D eigenvalue weighted by atomic mass is 10.1. The second kappa shape index (κ2) is 8.19. The number of halogens is 3. The Kier molecular flexibility index (Phi) is 5.29. The molecule has 2 aromatic heterocycles. The number of amides is 3. The molecule has 0 bridgehead atoms. The zero-order valence-electron chi connectivity index (χ0n) is 18.4. The van der Waals surface area contributed by atoms with Gasteiger partial charge < -0.3 is 19.5 Å². The van der Waals surface area contributed by atoms with Gasteiger partial charge >= 0.3 is 6.03 Å². The topological polar surface area (TPSA) is 96.5 Å². The van der Waals surface area contributed by atoms with E-state index in [-0.39, 0.29) is 36.5 Å². The summed E-state index contributed by atoms with van der Waals surface area (Å²) in [5, 5.41) is 6.80. The standard InChI is InChI=1S/C22H21F3N6O3/c1-11-7-31-19(9-29(11)22(33)28-14-4-15(23)21(25)16(24)5-14)18(6-26-31)30-8-13(3-20(30)32)17-10-34-12(2)27-17/h4-6,10-11,13H,3,7-9H2,1-2H3,(H,28,33)/t11-,13?/m0/s1. The van der Waals surface area contributed by atoms with Gasteiger partial charge in [-0.3, -0.25) is 9.48 Å². The fourth-order valence-electron chi connectivity index (χ4n) is 4.41. The number of carbonyl (C=O) groups excluding carboxylic acids is 2. The maximum Gasteiger partial charge on any atom is 0.322 e. The summed E-state index contributed by atoms with van der Waals surface area (Å²) in [6.07, 6.45) is 3.43. The number of fused-ring (bicyclic) bond motifs is 1. The average Bonchev–Trinajstić information content (AvgIpc) is 3.49. The van der Waals surface area contributed by atoms with Gasteiger partial charge in [0.15, 0.2) is 23.3 Å². The zero-order chi connectivity index (χ0) is 24.1. The van der Waals surface area contributed by atoms with Gasteiger partial charge in [-0.2, -0.15) is 5.10 Å². The molecule has 178 valence electrons. The number of anilines is 2. The quantitative estimate of drug-likeness (QED) is 0.586. The number of urea groups is 1. The third-order valence-corrected chi connectivity index (χ3v) is 6.18. The number of benzene rings is 1. The van der Waals surface area contributed by atoms with Crippen LogP contribution in [0.4, 0.5) is 29.3 Å². The van der Waals surface area contributed by atoms with Crippen molar-refractivity contribution >= 4 is 23.3 Å². The fraction of sp³-hybridized carbons (Fsp3) is 0.364. The molecule has 0 aliphatic carbocycles. The van der Waals surface area contributed by atoms with Crippen molar-refractivity contribution in [3.63, 3.8) is 0 Å². The van der Waals surface area contributed by atoms with Crippen LogP contribution in [0, 0.1) is 24.4 Å². The normalized spacial score (nSPS) is 20.1. The Bertz CT molecular complexity index is 1270. The highest BCUT2D eigenvalue weighted by atomic mass is 19.2. The van der Waals surface area contributed by atoms with Crippen LogP contribution in [0.1, 0.15) is 36.5 Å². The monoisotopic (exact) mass is 474 g/mol. The van der Waals surface area contributed by atoms with E-state index in [9.17, 15) is 22.8 Å². The van der Waals surface area contributed by atoms with E-state index in [0.717, 1.165) is 12.1 Å². The SMILES string of the molecule is Cc1nc(C2CC(=O)N(c3cnn4c3CN(C(=O)Nc3cc(F)c(F)c(F)c3)[C@@H](C)C4)C2)co1. The highest BCUT2D eigenvalue weighted by Crippen LogP contribution is 2.35. The number of nitrogens with zero attached hydrogens (tertiary/aromatic N) is 5. The molecule has 1 fully saturated rings. The summed E-state index contributed by atoms with van der Waals surface area (Å²) in [7, 11) is 0. The van der Waals surface area contributed by atoms with Crippen LogP contribution in [0.15, 0.2) is 29.0 Å². The number of nitrogens with one attached hydrogen (secondary N) is 1. The van der Waals surface area contributed by atoms with Gasteiger partial charge in [0.2, 0.25) is 5.91 Å². The molecule has 1 saturated heterocycles. The van der Waals surface area contributed by atoms with Gasteiger partial charge in [0, 0.05) is 43.6 Å².